The molecule has 1 rings (SSSR count). The summed E-state index contributed by atoms with van der Waals surface area (Å²) in [5, 5.41) is 19.3. The Morgan fingerprint density at radius 3 is 2.92 bits per heavy atom. The molecule has 0 saturated heterocycles. The molecule has 13 heavy (non-hydrogen) atoms. The molecule has 0 aromatic carbocycles. The number of pyridine rings is 1. The van der Waals surface area contributed by atoms with Crippen molar-refractivity contribution in [2.45, 2.75) is 6.42 Å². The second kappa shape index (κ2) is 4.15. The van der Waals surface area contributed by atoms with Gasteiger partial charge in [0.15, 0.2) is 0 Å². The maximum atomic E-state index is 10.4. The van der Waals surface area contributed by atoms with Crippen molar-refractivity contribution in [1.82, 2.24) is 4.98 Å². The van der Waals surface area contributed by atoms with E-state index < -0.39 is 4.92 Å². The molecule has 6 heteroatoms. The third-order valence-electron chi connectivity index (χ3n) is 1.51. The van der Waals surface area contributed by atoms with Gasteiger partial charge in [0.1, 0.15) is 11.3 Å². The van der Waals surface area contributed by atoms with E-state index in [2.05, 4.69) is 4.98 Å². The number of hydrogen-bond acceptors (Lipinski definition) is 4. The molecule has 1 aromatic heterocycles. The van der Waals surface area contributed by atoms with Crippen LogP contribution in [0.2, 0.25) is 5.15 Å². The highest BCUT2D eigenvalue weighted by molar-refractivity contribution is 6.29. The van der Waals surface area contributed by atoms with Crippen LogP contribution >= 0.6 is 11.6 Å². The van der Waals surface area contributed by atoms with E-state index in [9.17, 15) is 10.1 Å². The van der Waals surface area contributed by atoms with Crippen molar-refractivity contribution in [3.8, 4) is 0 Å². The molecular formula is C7H7ClN2O3. The number of aliphatic hydroxyl groups is 1. The smallest absolute Gasteiger partial charge is 0.290 e. The molecule has 0 aliphatic carbocycles. The molecule has 0 aliphatic rings. The highest BCUT2D eigenvalue weighted by atomic mass is 35.5. The standard InChI is InChI=1S/C7H7ClN2O3/c8-7-3-5(1-2-11)6(4-9-7)10(12)13/h3-4,11H,1-2H2. The van der Waals surface area contributed by atoms with Crippen LogP contribution in [-0.2, 0) is 6.42 Å². The highest BCUT2D eigenvalue weighted by Gasteiger charge is 2.13. The zero-order chi connectivity index (χ0) is 9.84. The molecule has 0 bridgehead atoms. The van der Waals surface area contributed by atoms with Crippen LogP contribution in [0.15, 0.2) is 12.3 Å². The van der Waals surface area contributed by atoms with Crippen LogP contribution in [-0.4, -0.2) is 21.6 Å². The van der Waals surface area contributed by atoms with Crippen molar-refractivity contribution in [3.05, 3.63) is 33.1 Å². The first-order chi connectivity index (χ1) is 6.15. The van der Waals surface area contributed by atoms with Crippen LogP contribution in [0.25, 0.3) is 0 Å². The van der Waals surface area contributed by atoms with Gasteiger partial charge in [0.05, 0.1) is 4.92 Å². The Labute approximate surface area is 79.1 Å². The van der Waals surface area contributed by atoms with Gasteiger partial charge in [0, 0.05) is 18.6 Å². The minimum absolute atomic E-state index is 0.113. The van der Waals surface area contributed by atoms with Gasteiger partial charge in [0.2, 0.25) is 0 Å². The zero-order valence-electron chi connectivity index (χ0n) is 6.61. The molecule has 0 saturated carbocycles. The SMILES string of the molecule is O=[N+]([O-])c1cnc(Cl)cc1CCO. The van der Waals surface area contributed by atoms with Crippen molar-refractivity contribution < 1.29 is 10.0 Å². The molecule has 70 valence electrons. The fraction of sp³-hybridized carbons (Fsp3) is 0.286. The summed E-state index contributed by atoms with van der Waals surface area (Å²) in [7, 11) is 0. The van der Waals surface area contributed by atoms with Crippen molar-refractivity contribution >= 4 is 17.3 Å². The van der Waals surface area contributed by atoms with E-state index >= 15 is 0 Å². The van der Waals surface area contributed by atoms with Gasteiger partial charge >= 0.3 is 0 Å². The second-order valence-corrected chi connectivity index (χ2v) is 2.75. The molecule has 0 fully saturated rings. The minimum atomic E-state index is -0.547. The Balaban J connectivity index is 3.10. The Hall–Kier alpha value is -1.20. The number of rotatable bonds is 3. The molecule has 0 atom stereocenters. The number of nitrogens with zero attached hydrogens (tertiary/aromatic N) is 2. The average Bonchev–Trinajstić information content (AvgIpc) is 2.04. The van der Waals surface area contributed by atoms with Gasteiger partial charge in [-0.05, 0) is 6.07 Å². The van der Waals surface area contributed by atoms with E-state index in [-0.39, 0.29) is 23.9 Å². The predicted molar refractivity (Wildman–Crippen MR) is 46.7 cm³/mol. The Bertz CT molecular complexity index is 330. The molecule has 0 unspecified atom stereocenters. The Kier molecular flexibility index (Phi) is 3.16. The first-order valence-corrected chi connectivity index (χ1v) is 3.92. The van der Waals surface area contributed by atoms with Crippen LogP contribution < -0.4 is 0 Å². The lowest BCUT2D eigenvalue weighted by atomic mass is 10.2. The fourth-order valence-electron chi connectivity index (χ4n) is 0.946. The van der Waals surface area contributed by atoms with Gasteiger partial charge < -0.3 is 5.11 Å². The number of aromatic nitrogens is 1. The summed E-state index contributed by atoms with van der Waals surface area (Å²) in [5.41, 5.74) is 0.283. The summed E-state index contributed by atoms with van der Waals surface area (Å²) in [4.78, 5) is 13.5. The summed E-state index contributed by atoms with van der Waals surface area (Å²) in [6.45, 7) is -0.152. The topological polar surface area (TPSA) is 76.3 Å². The van der Waals surface area contributed by atoms with Crippen molar-refractivity contribution in [1.29, 1.82) is 0 Å². The molecule has 0 radical (unpaired) electrons. The molecule has 1 aromatic rings. The molecule has 1 N–H and O–H groups in total. The number of aliphatic hydroxyl groups excluding tert-OH is 1. The number of halogens is 1. The van der Waals surface area contributed by atoms with E-state index in [0.717, 1.165) is 6.20 Å². The summed E-state index contributed by atoms with van der Waals surface area (Å²) < 4.78 is 0. The lowest BCUT2D eigenvalue weighted by molar-refractivity contribution is -0.385. The fourth-order valence-corrected chi connectivity index (χ4v) is 1.13. The van der Waals surface area contributed by atoms with Gasteiger partial charge in [-0.15, -0.1) is 0 Å². The second-order valence-electron chi connectivity index (χ2n) is 2.37. The third kappa shape index (κ3) is 2.37. The molecule has 0 amide bonds. The highest BCUT2D eigenvalue weighted by Crippen LogP contribution is 2.20. The van der Waals surface area contributed by atoms with Gasteiger partial charge in [0.25, 0.3) is 5.69 Å². The Morgan fingerprint density at radius 1 is 1.69 bits per heavy atom. The molecule has 0 spiro atoms. The minimum Gasteiger partial charge on any atom is -0.396 e. The van der Waals surface area contributed by atoms with Crippen LogP contribution in [0, 0.1) is 10.1 Å². The van der Waals surface area contributed by atoms with E-state index in [1.807, 2.05) is 0 Å². The first kappa shape index (κ1) is 9.88. The zero-order valence-corrected chi connectivity index (χ0v) is 7.36. The van der Waals surface area contributed by atoms with E-state index in [1.54, 1.807) is 0 Å². The maximum absolute atomic E-state index is 10.4. The number of nitro groups is 1. The normalized spacial score (nSPS) is 10.0. The van der Waals surface area contributed by atoms with Crippen LogP contribution in [0.4, 0.5) is 5.69 Å². The van der Waals surface area contributed by atoms with E-state index in [0.29, 0.717) is 5.56 Å². The van der Waals surface area contributed by atoms with Crippen molar-refractivity contribution in [2.24, 2.45) is 0 Å². The lowest BCUT2D eigenvalue weighted by Gasteiger charge is -1.99. The summed E-state index contributed by atoms with van der Waals surface area (Å²) >= 11 is 5.54. The largest absolute Gasteiger partial charge is 0.396 e. The van der Waals surface area contributed by atoms with Crippen LogP contribution in [0.1, 0.15) is 5.56 Å². The summed E-state index contributed by atoms with van der Waals surface area (Å²) in [5.74, 6) is 0. The van der Waals surface area contributed by atoms with E-state index in [1.165, 1.54) is 6.07 Å². The van der Waals surface area contributed by atoms with E-state index in [4.69, 9.17) is 16.7 Å². The first-order valence-electron chi connectivity index (χ1n) is 3.55. The van der Waals surface area contributed by atoms with Gasteiger partial charge in [-0.2, -0.15) is 0 Å². The molecule has 1 heterocycles. The van der Waals surface area contributed by atoms with Crippen molar-refractivity contribution in [3.63, 3.8) is 0 Å². The van der Waals surface area contributed by atoms with Gasteiger partial charge in [-0.3, -0.25) is 10.1 Å². The summed E-state index contributed by atoms with van der Waals surface area (Å²) in [6.07, 6.45) is 1.30. The monoisotopic (exact) mass is 202 g/mol. The maximum Gasteiger partial charge on any atom is 0.290 e. The van der Waals surface area contributed by atoms with Crippen molar-refractivity contribution in [2.75, 3.05) is 6.61 Å². The Morgan fingerprint density at radius 2 is 2.38 bits per heavy atom. The summed E-state index contributed by atoms with van der Waals surface area (Å²) in [6, 6.07) is 1.38. The average molecular weight is 203 g/mol. The lowest BCUT2D eigenvalue weighted by Crippen LogP contribution is -1.99. The molecule has 5 nitrogen and oxygen atoms in total. The quantitative estimate of drug-likeness (QED) is 0.454. The van der Waals surface area contributed by atoms with Crippen LogP contribution in [0.3, 0.4) is 0 Å². The third-order valence-corrected chi connectivity index (χ3v) is 1.72. The molecular weight excluding hydrogens is 196 g/mol. The molecule has 0 aliphatic heterocycles. The van der Waals surface area contributed by atoms with Gasteiger partial charge in [-0.1, -0.05) is 11.6 Å². The van der Waals surface area contributed by atoms with Crippen LogP contribution in [0.5, 0.6) is 0 Å². The van der Waals surface area contributed by atoms with Gasteiger partial charge in [-0.25, -0.2) is 4.98 Å². The predicted octanol–water partition coefficient (Wildman–Crippen LogP) is 1.18. The number of hydrogen-bond donors (Lipinski definition) is 1.